The van der Waals surface area contributed by atoms with E-state index in [9.17, 15) is 0 Å². The van der Waals surface area contributed by atoms with Gasteiger partial charge in [0.25, 0.3) is 0 Å². The van der Waals surface area contributed by atoms with Gasteiger partial charge in [-0.15, -0.1) is 0 Å². The average Bonchev–Trinajstić information content (AvgIpc) is 2.38. The molecule has 0 radical (unpaired) electrons. The third-order valence-electron chi connectivity index (χ3n) is 2.70. The van der Waals surface area contributed by atoms with Crippen molar-refractivity contribution < 1.29 is 0 Å². The lowest BCUT2D eigenvalue weighted by Crippen LogP contribution is -1.87. The summed E-state index contributed by atoms with van der Waals surface area (Å²) in [5.74, 6) is 0.460. The smallest absolute Gasteiger partial charge is 0.000711 e. The highest BCUT2D eigenvalue weighted by atomic mass is 14.0. The lowest BCUT2D eigenvalue weighted by Gasteiger charge is -2.05. The zero-order chi connectivity index (χ0) is 11.2. The molecule has 0 nitrogen and oxygen atoms in total. The van der Waals surface area contributed by atoms with Crippen LogP contribution in [0.2, 0.25) is 0 Å². The van der Waals surface area contributed by atoms with Gasteiger partial charge in [-0.05, 0) is 17.0 Å². The van der Waals surface area contributed by atoms with Gasteiger partial charge in [-0.1, -0.05) is 79.7 Å². The van der Waals surface area contributed by atoms with Crippen molar-refractivity contribution in [3.63, 3.8) is 0 Å². The number of benzene rings is 2. The van der Waals surface area contributed by atoms with Crippen LogP contribution in [0.15, 0.2) is 66.7 Å². The second kappa shape index (κ2) is 5.32. The minimum absolute atomic E-state index is 0.460. The Hall–Kier alpha value is -1.82. The van der Waals surface area contributed by atoms with Gasteiger partial charge in [0.05, 0.1) is 0 Å². The summed E-state index contributed by atoms with van der Waals surface area (Å²) in [4.78, 5) is 0. The molecule has 0 aliphatic rings. The zero-order valence-electron chi connectivity index (χ0n) is 9.51. The van der Waals surface area contributed by atoms with Crippen LogP contribution < -0.4 is 0 Å². The summed E-state index contributed by atoms with van der Waals surface area (Å²) in [6, 6.07) is 21.0. The fourth-order valence-corrected chi connectivity index (χ4v) is 1.69. The van der Waals surface area contributed by atoms with Crippen molar-refractivity contribution in [3.8, 4) is 0 Å². The van der Waals surface area contributed by atoms with Crippen molar-refractivity contribution in [1.82, 2.24) is 0 Å². The predicted octanol–water partition coefficient (Wildman–Crippen LogP) is 4.50. The van der Waals surface area contributed by atoms with E-state index in [-0.39, 0.29) is 0 Å². The Kier molecular flexibility index (Phi) is 3.55. The van der Waals surface area contributed by atoms with E-state index < -0.39 is 0 Å². The predicted molar refractivity (Wildman–Crippen MR) is 70.3 cm³/mol. The highest BCUT2D eigenvalue weighted by molar-refractivity contribution is 5.50. The summed E-state index contributed by atoms with van der Waals surface area (Å²) in [5, 5.41) is 0. The molecule has 0 saturated heterocycles. The van der Waals surface area contributed by atoms with Crippen LogP contribution in [0.3, 0.4) is 0 Å². The first-order chi connectivity index (χ1) is 7.86. The van der Waals surface area contributed by atoms with Gasteiger partial charge in [0.2, 0.25) is 0 Å². The molecule has 2 aromatic rings. The maximum atomic E-state index is 2.24. The summed E-state index contributed by atoms with van der Waals surface area (Å²) >= 11 is 0. The van der Waals surface area contributed by atoms with Gasteiger partial charge in [-0.25, -0.2) is 0 Å². The Balaban J connectivity index is 2.08. The first-order valence-corrected chi connectivity index (χ1v) is 5.64. The molecule has 80 valence electrons. The van der Waals surface area contributed by atoms with Gasteiger partial charge in [-0.2, -0.15) is 0 Å². The molecule has 2 aromatic carbocycles. The highest BCUT2D eigenvalue weighted by Gasteiger charge is 1.98. The lowest BCUT2D eigenvalue weighted by atomic mass is 10.00. The molecule has 0 aromatic heterocycles. The molecule has 0 fully saturated rings. The number of hydrogen-bond donors (Lipinski definition) is 0. The fraction of sp³-hybridized carbons (Fsp3) is 0.125. The van der Waals surface area contributed by atoms with Crippen molar-refractivity contribution in [2.45, 2.75) is 12.8 Å². The molecule has 1 atom stereocenters. The average molecular weight is 208 g/mol. The molecular weight excluding hydrogens is 192 g/mol. The van der Waals surface area contributed by atoms with E-state index in [0.717, 1.165) is 0 Å². The van der Waals surface area contributed by atoms with E-state index in [4.69, 9.17) is 0 Å². The standard InChI is InChI=1S/C16H16/c1-14(16-10-6-3-7-11-16)12-13-15-8-4-2-5-9-15/h2-14H,1H3. The fourth-order valence-electron chi connectivity index (χ4n) is 1.69. The third-order valence-corrected chi connectivity index (χ3v) is 2.70. The molecular formula is C16H16. The highest BCUT2D eigenvalue weighted by Crippen LogP contribution is 2.17. The largest absolute Gasteiger partial charge is 0.0767 e. The summed E-state index contributed by atoms with van der Waals surface area (Å²) in [7, 11) is 0. The van der Waals surface area contributed by atoms with Crippen molar-refractivity contribution >= 4 is 6.08 Å². The quantitative estimate of drug-likeness (QED) is 0.696. The minimum atomic E-state index is 0.460. The van der Waals surface area contributed by atoms with Crippen LogP contribution in [-0.4, -0.2) is 0 Å². The Bertz CT molecular complexity index is 440. The van der Waals surface area contributed by atoms with Gasteiger partial charge in [0.1, 0.15) is 0 Å². The molecule has 16 heavy (non-hydrogen) atoms. The Labute approximate surface area is 97.3 Å². The summed E-state index contributed by atoms with van der Waals surface area (Å²) in [5.41, 5.74) is 2.61. The van der Waals surface area contributed by atoms with Gasteiger partial charge in [0.15, 0.2) is 0 Å². The Morgan fingerprint density at radius 1 is 0.812 bits per heavy atom. The molecule has 0 amide bonds. The second-order valence-electron chi connectivity index (χ2n) is 3.97. The number of allylic oxidation sites excluding steroid dienone is 1. The van der Waals surface area contributed by atoms with Gasteiger partial charge in [-0.3, -0.25) is 0 Å². The van der Waals surface area contributed by atoms with Crippen LogP contribution in [0.4, 0.5) is 0 Å². The van der Waals surface area contributed by atoms with Crippen LogP contribution in [-0.2, 0) is 0 Å². The Morgan fingerprint density at radius 2 is 1.38 bits per heavy atom. The maximum Gasteiger partial charge on any atom is -0.000711 e. The van der Waals surface area contributed by atoms with Crippen molar-refractivity contribution in [2.75, 3.05) is 0 Å². The molecule has 0 bridgehead atoms. The number of hydrogen-bond acceptors (Lipinski definition) is 0. The van der Waals surface area contributed by atoms with Crippen LogP contribution in [0.1, 0.15) is 24.0 Å². The van der Waals surface area contributed by atoms with Gasteiger partial charge < -0.3 is 0 Å². The molecule has 0 heterocycles. The van der Waals surface area contributed by atoms with Crippen molar-refractivity contribution in [2.24, 2.45) is 0 Å². The van der Waals surface area contributed by atoms with E-state index in [1.54, 1.807) is 0 Å². The Morgan fingerprint density at radius 3 is 2.00 bits per heavy atom. The van der Waals surface area contributed by atoms with E-state index in [1.165, 1.54) is 11.1 Å². The van der Waals surface area contributed by atoms with E-state index >= 15 is 0 Å². The van der Waals surface area contributed by atoms with E-state index in [1.807, 2.05) is 6.07 Å². The molecule has 1 unspecified atom stereocenters. The molecule has 0 spiro atoms. The van der Waals surface area contributed by atoms with Crippen LogP contribution >= 0.6 is 0 Å². The zero-order valence-corrected chi connectivity index (χ0v) is 9.51. The molecule has 0 aliphatic heterocycles. The number of rotatable bonds is 3. The third kappa shape index (κ3) is 2.83. The second-order valence-corrected chi connectivity index (χ2v) is 3.97. The topological polar surface area (TPSA) is 0 Å². The molecule has 0 heteroatoms. The molecule has 0 saturated carbocycles. The molecule has 0 aliphatic carbocycles. The van der Waals surface area contributed by atoms with Crippen LogP contribution in [0, 0.1) is 0 Å². The van der Waals surface area contributed by atoms with E-state index in [0.29, 0.717) is 5.92 Å². The van der Waals surface area contributed by atoms with Crippen molar-refractivity contribution in [1.29, 1.82) is 0 Å². The normalized spacial score (nSPS) is 12.8. The van der Waals surface area contributed by atoms with E-state index in [2.05, 4.69) is 73.7 Å². The first kappa shape index (κ1) is 10.7. The summed E-state index contributed by atoms with van der Waals surface area (Å²) in [6.07, 6.45) is 4.42. The summed E-state index contributed by atoms with van der Waals surface area (Å²) in [6.45, 7) is 2.22. The van der Waals surface area contributed by atoms with Crippen molar-refractivity contribution in [3.05, 3.63) is 77.9 Å². The first-order valence-electron chi connectivity index (χ1n) is 5.64. The van der Waals surface area contributed by atoms with Crippen LogP contribution in [0.25, 0.3) is 6.08 Å². The van der Waals surface area contributed by atoms with Gasteiger partial charge >= 0.3 is 0 Å². The monoisotopic (exact) mass is 208 g/mol. The molecule has 0 N–H and O–H groups in total. The van der Waals surface area contributed by atoms with Crippen LogP contribution in [0.5, 0.6) is 0 Å². The SMILES string of the molecule is CC(C=Cc1ccccc1)c1ccccc1. The maximum absolute atomic E-state index is 2.24. The summed E-state index contributed by atoms with van der Waals surface area (Å²) < 4.78 is 0. The lowest BCUT2D eigenvalue weighted by molar-refractivity contribution is 0.973. The minimum Gasteiger partial charge on any atom is -0.0767 e. The molecule has 2 rings (SSSR count). The van der Waals surface area contributed by atoms with Gasteiger partial charge in [0, 0.05) is 0 Å².